The first-order valence-electron chi connectivity index (χ1n) is 8.82. The van der Waals surface area contributed by atoms with Gasteiger partial charge >= 0.3 is 0 Å². The Morgan fingerprint density at radius 2 is 1.96 bits per heavy atom. The van der Waals surface area contributed by atoms with Crippen molar-refractivity contribution < 1.29 is 4.39 Å². The normalized spacial score (nSPS) is 18.0. The van der Waals surface area contributed by atoms with Crippen molar-refractivity contribution in [2.45, 2.75) is 25.4 Å². The van der Waals surface area contributed by atoms with Gasteiger partial charge in [0.15, 0.2) is 0 Å². The van der Waals surface area contributed by atoms with Gasteiger partial charge in [0, 0.05) is 56.4 Å². The van der Waals surface area contributed by atoms with E-state index in [1.54, 1.807) is 6.33 Å². The summed E-state index contributed by atoms with van der Waals surface area (Å²) >= 11 is 3.32. The molecule has 5 nitrogen and oxygen atoms in total. The van der Waals surface area contributed by atoms with Crippen LogP contribution in [0, 0.1) is 5.82 Å². The Morgan fingerprint density at radius 3 is 2.69 bits per heavy atom. The third-order valence-corrected chi connectivity index (χ3v) is 5.39. The highest BCUT2D eigenvalue weighted by Crippen LogP contribution is 2.24. The van der Waals surface area contributed by atoms with E-state index in [1.807, 2.05) is 37.2 Å². The van der Waals surface area contributed by atoms with E-state index < -0.39 is 0 Å². The van der Waals surface area contributed by atoms with E-state index in [0.717, 1.165) is 47.6 Å². The van der Waals surface area contributed by atoms with Crippen molar-refractivity contribution in [1.29, 1.82) is 0 Å². The summed E-state index contributed by atoms with van der Waals surface area (Å²) in [5, 5.41) is 0. The van der Waals surface area contributed by atoms with E-state index >= 15 is 0 Å². The molecule has 1 unspecified atom stereocenters. The lowest BCUT2D eigenvalue weighted by molar-refractivity contribution is 0.196. The molecule has 2 heterocycles. The zero-order valence-electron chi connectivity index (χ0n) is 15.5. The van der Waals surface area contributed by atoms with Crippen LogP contribution in [0.2, 0.25) is 0 Å². The Labute approximate surface area is 163 Å². The molecular weight excluding hydrogens is 397 g/mol. The maximum Gasteiger partial charge on any atom is 0.134 e. The van der Waals surface area contributed by atoms with E-state index in [-0.39, 0.29) is 5.82 Å². The van der Waals surface area contributed by atoms with Gasteiger partial charge in [0.25, 0.3) is 0 Å². The van der Waals surface area contributed by atoms with Gasteiger partial charge in [0.05, 0.1) is 0 Å². The molecule has 26 heavy (non-hydrogen) atoms. The maximum atomic E-state index is 14.2. The van der Waals surface area contributed by atoms with Crippen LogP contribution in [-0.2, 0) is 6.54 Å². The van der Waals surface area contributed by atoms with Crippen LogP contribution in [0.3, 0.4) is 0 Å². The predicted molar refractivity (Wildman–Crippen MR) is 107 cm³/mol. The first-order valence-corrected chi connectivity index (χ1v) is 9.62. The van der Waals surface area contributed by atoms with Gasteiger partial charge in [-0.2, -0.15) is 0 Å². The number of halogens is 2. The van der Waals surface area contributed by atoms with E-state index in [2.05, 4.69) is 42.7 Å². The molecule has 0 bridgehead atoms. The smallest absolute Gasteiger partial charge is 0.134 e. The maximum absolute atomic E-state index is 14.2. The second-order valence-electron chi connectivity index (χ2n) is 7.01. The summed E-state index contributed by atoms with van der Waals surface area (Å²) in [7, 11) is 6.03. The lowest BCUT2D eigenvalue weighted by Gasteiger charge is -2.38. The number of benzene rings is 1. The molecule has 1 fully saturated rings. The number of likely N-dealkylation sites (N-methyl/N-ethyl adjacent to an activating group) is 1. The summed E-state index contributed by atoms with van der Waals surface area (Å²) < 4.78 is 14.9. The van der Waals surface area contributed by atoms with Gasteiger partial charge in [-0.1, -0.05) is 22.0 Å². The van der Waals surface area contributed by atoms with Crippen LogP contribution in [-0.4, -0.2) is 55.1 Å². The quantitative estimate of drug-likeness (QED) is 0.737. The van der Waals surface area contributed by atoms with E-state index in [0.29, 0.717) is 12.6 Å². The Kier molecular flexibility index (Phi) is 6.09. The summed E-state index contributed by atoms with van der Waals surface area (Å²) in [4.78, 5) is 15.2. The first-order chi connectivity index (χ1) is 12.4. The van der Waals surface area contributed by atoms with Crippen molar-refractivity contribution in [3.63, 3.8) is 0 Å². The van der Waals surface area contributed by atoms with Crippen LogP contribution in [0.4, 0.5) is 16.0 Å². The Hall–Kier alpha value is -1.73. The fourth-order valence-corrected chi connectivity index (χ4v) is 3.68. The molecular formula is C19H25BrFN5. The number of piperidine rings is 1. The lowest BCUT2D eigenvalue weighted by Crippen LogP contribution is -2.46. The van der Waals surface area contributed by atoms with Gasteiger partial charge in [-0.3, -0.25) is 4.90 Å². The third kappa shape index (κ3) is 4.51. The van der Waals surface area contributed by atoms with Gasteiger partial charge in [-0.15, -0.1) is 0 Å². The highest BCUT2D eigenvalue weighted by molar-refractivity contribution is 9.10. The fraction of sp³-hybridized carbons (Fsp3) is 0.474. The van der Waals surface area contributed by atoms with Gasteiger partial charge in [0.2, 0.25) is 0 Å². The second kappa shape index (κ2) is 8.31. The molecule has 1 aliphatic heterocycles. The number of anilines is 2. The number of rotatable bonds is 5. The predicted octanol–water partition coefficient (Wildman–Crippen LogP) is 3.55. The molecule has 140 valence electrons. The molecule has 0 radical (unpaired) electrons. The lowest BCUT2D eigenvalue weighted by atomic mass is 10.0. The van der Waals surface area contributed by atoms with Crippen molar-refractivity contribution >= 4 is 27.6 Å². The molecule has 0 amide bonds. The number of likely N-dealkylation sites (tertiary alicyclic amines) is 1. The van der Waals surface area contributed by atoms with Gasteiger partial charge in [-0.05, 0) is 31.5 Å². The van der Waals surface area contributed by atoms with Crippen molar-refractivity contribution in [2.24, 2.45) is 0 Å². The summed E-state index contributed by atoms with van der Waals surface area (Å²) in [6.45, 7) is 2.52. The molecule has 2 aromatic rings. The van der Waals surface area contributed by atoms with Crippen molar-refractivity contribution in [2.75, 3.05) is 44.0 Å². The van der Waals surface area contributed by atoms with Crippen LogP contribution in [0.5, 0.6) is 0 Å². The first kappa shape index (κ1) is 19.0. The molecule has 3 rings (SSSR count). The highest BCUT2D eigenvalue weighted by atomic mass is 79.9. The van der Waals surface area contributed by atoms with Crippen LogP contribution in [0.15, 0.2) is 35.1 Å². The number of aromatic nitrogens is 2. The Morgan fingerprint density at radius 1 is 1.19 bits per heavy atom. The Balaban J connectivity index is 1.68. The van der Waals surface area contributed by atoms with Crippen LogP contribution in [0.25, 0.3) is 0 Å². The van der Waals surface area contributed by atoms with Crippen LogP contribution < -0.4 is 9.80 Å². The van der Waals surface area contributed by atoms with E-state index in [1.165, 1.54) is 6.07 Å². The van der Waals surface area contributed by atoms with Crippen molar-refractivity contribution in [3.8, 4) is 0 Å². The monoisotopic (exact) mass is 421 g/mol. The summed E-state index contributed by atoms with van der Waals surface area (Å²) in [5.41, 5.74) is 0.744. The fourth-order valence-electron chi connectivity index (χ4n) is 3.34. The zero-order valence-corrected chi connectivity index (χ0v) is 17.1. The average Bonchev–Trinajstić information content (AvgIpc) is 2.64. The van der Waals surface area contributed by atoms with Crippen molar-refractivity contribution in [1.82, 2.24) is 14.9 Å². The molecule has 1 saturated heterocycles. The Bertz CT molecular complexity index is 754. The minimum atomic E-state index is -0.152. The molecule has 1 aromatic carbocycles. The van der Waals surface area contributed by atoms with Gasteiger partial charge in [0.1, 0.15) is 23.8 Å². The standard InChI is InChI=1S/C19H25BrFN5/c1-24(2)18-10-19(23-13-22-18)25(3)16-5-4-8-26(12-16)11-14-6-7-15(20)9-17(14)21/h6-7,9-10,13,16H,4-5,8,11-12H2,1-3H3. The number of nitrogens with zero attached hydrogens (tertiary/aromatic N) is 5. The largest absolute Gasteiger partial charge is 0.363 e. The molecule has 0 N–H and O–H groups in total. The van der Waals surface area contributed by atoms with Gasteiger partial charge in [-0.25, -0.2) is 14.4 Å². The summed E-state index contributed by atoms with van der Waals surface area (Å²) in [5.74, 6) is 1.66. The molecule has 1 aromatic heterocycles. The number of hydrogen-bond acceptors (Lipinski definition) is 5. The third-order valence-electron chi connectivity index (χ3n) is 4.90. The summed E-state index contributed by atoms with van der Waals surface area (Å²) in [6.07, 6.45) is 3.81. The molecule has 1 aliphatic rings. The zero-order chi connectivity index (χ0) is 18.7. The molecule has 0 aliphatic carbocycles. The average molecular weight is 422 g/mol. The molecule has 0 saturated carbocycles. The highest BCUT2D eigenvalue weighted by Gasteiger charge is 2.25. The topological polar surface area (TPSA) is 35.5 Å². The minimum Gasteiger partial charge on any atom is -0.363 e. The molecule has 1 atom stereocenters. The minimum absolute atomic E-state index is 0.152. The molecule has 7 heteroatoms. The van der Waals surface area contributed by atoms with Crippen molar-refractivity contribution in [3.05, 3.63) is 46.4 Å². The van der Waals surface area contributed by atoms with Gasteiger partial charge < -0.3 is 9.80 Å². The second-order valence-corrected chi connectivity index (χ2v) is 7.92. The SMILES string of the molecule is CN(C)c1cc(N(C)C2CCCN(Cc3ccc(Br)cc3F)C2)ncn1. The number of hydrogen-bond donors (Lipinski definition) is 0. The van der Waals surface area contributed by atoms with Crippen LogP contribution >= 0.6 is 15.9 Å². The summed E-state index contributed by atoms with van der Waals surface area (Å²) in [6, 6.07) is 7.66. The van der Waals surface area contributed by atoms with E-state index in [9.17, 15) is 4.39 Å². The van der Waals surface area contributed by atoms with Crippen LogP contribution in [0.1, 0.15) is 18.4 Å². The van der Waals surface area contributed by atoms with E-state index in [4.69, 9.17) is 0 Å². The molecule has 0 spiro atoms.